The summed E-state index contributed by atoms with van der Waals surface area (Å²) in [4.78, 5) is 33.6. The zero-order chi connectivity index (χ0) is 17.7. The Morgan fingerprint density at radius 1 is 1.35 bits per heavy atom. The van der Waals surface area contributed by atoms with Crippen LogP contribution in [0.5, 0.6) is 0 Å². The number of hydrogen-bond acceptors (Lipinski definition) is 5. The van der Waals surface area contributed by atoms with Gasteiger partial charge in [0.2, 0.25) is 0 Å². The van der Waals surface area contributed by atoms with Crippen molar-refractivity contribution in [1.29, 1.82) is 0 Å². The molecule has 0 spiro atoms. The van der Waals surface area contributed by atoms with E-state index in [2.05, 4.69) is 0 Å². The van der Waals surface area contributed by atoms with Gasteiger partial charge in [-0.2, -0.15) is 0 Å². The highest BCUT2D eigenvalue weighted by Gasteiger charge is 2.32. The fourth-order valence-electron chi connectivity index (χ4n) is 2.49. The van der Waals surface area contributed by atoms with Gasteiger partial charge in [0, 0.05) is 12.8 Å². The number of rotatable bonds is 5. The van der Waals surface area contributed by atoms with E-state index in [1.54, 1.807) is 12.1 Å². The molecule has 1 fully saturated rings. The Bertz CT molecular complexity index is 588. The minimum atomic E-state index is -0.471. The van der Waals surface area contributed by atoms with Gasteiger partial charge in [-0.05, 0) is 22.9 Å². The number of halogens is 1. The second-order valence-corrected chi connectivity index (χ2v) is 5.49. The molecule has 0 unspecified atom stereocenters. The van der Waals surface area contributed by atoms with Crippen LogP contribution in [0.1, 0.15) is 18.4 Å². The summed E-state index contributed by atoms with van der Waals surface area (Å²) in [7, 11) is 2.85. The molecule has 0 saturated carbocycles. The summed E-state index contributed by atoms with van der Waals surface area (Å²) >= 11 is 0. The van der Waals surface area contributed by atoms with Gasteiger partial charge in [-0.25, -0.2) is 14.0 Å². The topological polar surface area (TPSA) is 60.3 Å². The van der Waals surface area contributed by atoms with Crippen LogP contribution in [0.3, 0.4) is 0 Å². The van der Waals surface area contributed by atoms with Crippen LogP contribution in [0.15, 0.2) is 24.3 Å². The van der Waals surface area contributed by atoms with Crippen LogP contribution in [-0.2, 0) is 25.7 Å². The number of carbonyl (C=O) groups excluding carboxylic acids is 2. The highest BCUT2D eigenvalue weighted by Crippen LogP contribution is 2.12. The number of hydroxylamine groups is 2. The number of nitrogens with zero attached hydrogens (tertiary/aromatic N) is 1. The summed E-state index contributed by atoms with van der Waals surface area (Å²) in [6.07, 6.45) is 0.870. The van der Waals surface area contributed by atoms with Crippen LogP contribution in [0.2, 0.25) is 1.41 Å². The molecule has 126 valence electrons. The second-order valence-electron chi connectivity index (χ2n) is 5.49. The number of benzene rings is 1. The molecule has 23 heavy (non-hydrogen) atoms. The predicted molar refractivity (Wildman–Crippen MR) is 79.4 cm³/mol. The fraction of sp³-hybridized carbons (Fsp3) is 0.500. The summed E-state index contributed by atoms with van der Waals surface area (Å²) in [5.41, 5.74) is 0.675. The van der Waals surface area contributed by atoms with Crippen molar-refractivity contribution in [1.82, 2.24) is 5.23 Å². The van der Waals surface area contributed by atoms with E-state index >= 15 is 0 Å². The number of likely N-dealkylation sites (tertiary alicyclic amines) is 1. The SMILES string of the molecule is [2H][N+]1(C(=O)Cc2ccc(F)cc2)CCC(C(=O)ON(C)OC)CC1. The molecule has 0 aliphatic carbocycles. The Morgan fingerprint density at radius 3 is 2.52 bits per heavy atom. The molecule has 0 radical (unpaired) electrons. The third kappa shape index (κ3) is 5.09. The number of carbonyl (C=O) groups is 2. The van der Waals surface area contributed by atoms with Crippen molar-refractivity contribution >= 4 is 11.9 Å². The summed E-state index contributed by atoms with van der Waals surface area (Å²) < 4.78 is 21.3. The molecule has 2 rings (SSSR count). The van der Waals surface area contributed by atoms with Gasteiger partial charge >= 0.3 is 13.3 Å². The number of piperidine rings is 1. The van der Waals surface area contributed by atoms with Gasteiger partial charge in [-0.3, -0.25) is 9.73 Å². The third-order valence-electron chi connectivity index (χ3n) is 3.93. The predicted octanol–water partition coefficient (Wildman–Crippen LogP) is 0.141. The number of hydrogen-bond donors (Lipinski definition) is 1. The molecule has 6 nitrogen and oxygen atoms in total. The van der Waals surface area contributed by atoms with Crippen LogP contribution in [0.25, 0.3) is 0 Å². The molecule has 0 aromatic heterocycles. The first-order chi connectivity index (χ1) is 11.3. The van der Waals surface area contributed by atoms with Crippen LogP contribution in [-0.4, -0.2) is 44.3 Å². The number of quaternary nitrogens is 1. The van der Waals surface area contributed by atoms with E-state index < -0.39 is 10.9 Å². The van der Waals surface area contributed by atoms with E-state index in [9.17, 15) is 14.0 Å². The highest BCUT2D eigenvalue weighted by atomic mass is 19.1. The smallest absolute Gasteiger partial charge is 0.342 e. The molecule has 1 aromatic rings. The first-order valence-corrected chi connectivity index (χ1v) is 7.51. The largest absolute Gasteiger partial charge is 0.356 e. The van der Waals surface area contributed by atoms with Crippen molar-refractivity contribution in [2.45, 2.75) is 19.3 Å². The van der Waals surface area contributed by atoms with Crippen molar-refractivity contribution in [3.05, 3.63) is 35.6 Å². The molecule has 1 amide bonds. The van der Waals surface area contributed by atoms with E-state index in [1.165, 1.54) is 26.3 Å². The van der Waals surface area contributed by atoms with E-state index in [1.807, 2.05) is 0 Å². The molecule has 7 heteroatoms. The average Bonchev–Trinajstić information content (AvgIpc) is 2.57. The molecular formula is C16H22FN2O4+. The molecule has 1 aliphatic heterocycles. The molecule has 1 saturated heterocycles. The molecule has 1 heterocycles. The van der Waals surface area contributed by atoms with Crippen LogP contribution >= 0.6 is 0 Å². The lowest BCUT2D eigenvalue weighted by Gasteiger charge is -2.27. The summed E-state index contributed by atoms with van der Waals surface area (Å²) in [6.45, 7) is 0.493. The van der Waals surface area contributed by atoms with Crippen LogP contribution in [0, 0.1) is 11.7 Å². The Balaban J connectivity index is 1.90. The Kier molecular flexibility index (Phi) is 5.68. The standard InChI is InChI=1S/C16H21FN2O4/c1-18(22-2)23-16(21)13-7-9-19(10-8-13)15(20)11-12-3-5-14(17)6-4-12/h3-6,13H,7-11H2,1-2H3/p+1/i/hD. The lowest BCUT2D eigenvalue weighted by molar-refractivity contribution is -0.827. The van der Waals surface area contributed by atoms with E-state index in [0.717, 1.165) is 5.23 Å². The summed E-state index contributed by atoms with van der Waals surface area (Å²) in [5.74, 6) is -1.39. The maximum Gasteiger partial charge on any atom is 0.356 e. The maximum atomic E-state index is 12.9. The van der Waals surface area contributed by atoms with Gasteiger partial charge < -0.3 is 4.84 Å². The normalized spacial score (nSPS) is 25.0. The number of amides is 1. The maximum absolute atomic E-state index is 12.9. The van der Waals surface area contributed by atoms with Gasteiger partial charge in [0.25, 0.3) is 0 Å². The van der Waals surface area contributed by atoms with Crippen molar-refractivity contribution in [3.8, 4) is 0 Å². The molecule has 1 aliphatic rings. The Labute approximate surface area is 136 Å². The molecular weight excluding hydrogens is 303 g/mol. The van der Waals surface area contributed by atoms with Gasteiger partial charge in [-0.15, -0.1) is 0 Å². The van der Waals surface area contributed by atoms with Gasteiger partial charge in [0.15, 0.2) is 0 Å². The van der Waals surface area contributed by atoms with E-state index in [4.69, 9.17) is 11.1 Å². The third-order valence-corrected chi connectivity index (χ3v) is 3.93. The van der Waals surface area contributed by atoms with Gasteiger partial charge in [0.1, 0.15) is 5.82 Å². The molecule has 1 aromatic carbocycles. The van der Waals surface area contributed by atoms with Gasteiger partial charge in [-0.1, -0.05) is 12.1 Å². The second kappa shape index (κ2) is 8.14. The lowest BCUT2D eigenvalue weighted by atomic mass is 9.96. The molecule has 1 N–H and O–H groups in total. The molecule has 0 atom stereocenters. The quantitative estimate of drug-likeness (QED) is 0.780. The van der Waals surface area contributed by atoms with Crippen LogP contribution in [0.4, 0.5) is 4.39 Å². The number of nitrogens with one attached hydrogen (secondary N) is 1. The highest BCUT2D eigenvalue weighted by molar-refractivity contribution is 5.73. The Morgan fingerprint density at radius 2 is 1.96 bits per heavy atom. The molecule has 0 bridgehead atoms. The van der Waals surface area contributed by atoms with E-state index in [-0.39, 0.29) is 37.2 Å². The average molecular weight is 326 g/mol. The van der Waals surface area contributed by atoms with Crippen molar-refractivity contribution in [3.63, 3.8) is 0 Å². The summed E-state index contributed by atoms with van der Waals surface area (Å²) in [6, 6.07) is 5.69. The zero-order valence-corrected chi connectivity index (χ0v) is 13.3. The van der Waals surface area contributed by atoms with Crippen molar-refractivity contribution in [2.75, 3.05) is 27.2 Å². The monoisotopic (exact) mass is 326 g/mol. The minimum absolute atomic E-state index is 0.0747. The van der Waals surface area contributed by atoms with Crippen LogP contribution < -0.4 is 4.89 Å². The van der Waals surface area contributed by atoms with Gasteiger partial charge in [0.05, 0.1) is 39.6 Å². The summed E-state index contributed by atoms with van der Waals surface area (Å²) in [5, 5.41) is 0.972. The van der Waals surface area contributed by atoms with Crippen molar-refractivity contribution in [2.24, 2.45) is 5.92 Å². The van der Waals surface area contributed by atoms with Crippen molar-refractivity contribution < 1.29 is 30.0 Å². The zero-order valence-electron chi connectivity index (χ0n) is 14.3. The van der Waals surface area contributed by atoms with E-state index in [0.29, 0.717) is 18.4 Å². The Hall–Kier alpha value is -1.83. The first-order valence-electron chi connectivity index (χ1n) is 7.96. The first kappa shape index (κ1) is 16.0. The fourth-order valence-corrected chi connectivity index (χ4v) is 2.49. The lowest BCUT2D eigenvalue weighted by Crippen LogP contribution is -3.16. The minimum Gasteiger partial charge on any atom is -0.342 e.